The van der Waals surface area contributed by atoms with E-state index in [9.17, 15) is 9.59 Å². The van der Waals surface area contributed by atoms with Crippen LogP contribution in [0.3, 0.4) is 0 Å². The smallest absolute Gasteiger partial charge is 0.319 e. The number of hydrogen-bond donors (Lipinski definition) is 3. The molecule has 2 saturated carbocycles. The van der Waals surface area contributed by atoms with E-state index in [0.717, 1.165) is 43.6 Å². The van der Waals surface area contributed by atoms with Crippen LogP contribution < -0.4 is 10.6 Å². The molecular formula is C20H28N4O3. The number of nitrogens with one attached hydrogen (secondary N) is 2. The number of rotatable bonds is 7. The van der Waals surface area contributed by atoms with Gasteiger partial charge in [0.15, 0.2) is 0 Å². The van der Waals surface area contributed by atoms with Crippen molar-refractivity contribution in [1.29, 1.82) is 0 Å². The van der Waals surface area contributed by atoms with Crippen molar-refractivity contribution in [3.63, 3.8) is 0 Å². The van der Waals surface area contributed by atoms with Crippen molar-refractivity contribution in [3.8, 4) is 0 Å². The van der Waals surface area contributed by atoms with E-state index in [0.29, 0.717) is 5.92 Å². The number of amides is 2. The highest BCUT2D eigenvalue weighted by Gasteiger charge is 2.37. The van der Waals surface area contributed by atoms with Crippen molar-refractivity contribution in [2.24, 2.45) is 5.92 Å². The topological polar surface area (TPSA) is 94.6 Å². The van der Waals surface area contributed by atoms with Crippen molar-refractivity contribution in [2.45, 2.75) is 63.5 Å². The Morgan fingerprint density at radius 3 is 2.74 bits per heavy atom. The van der Waals surface area contributed by atoms with Crippen LogP contribution in [-0.4, -0.2) is 52.2 Å². The maximum Gasteiger partial charge on any atom is 0.319 e. The molecule has 3 aliphatic carbocycles. The second-order valence-corrected chi connectivity index (χ2v) is 8.22. The Bertz CT molecular complexity index is 713. The molecule has 0 aromatic carbocycles. The molecule has 1 aromatic heterocycles. The number of aromatic nitrogens is 1. The third kappa shape index (κ3) is 4.77. The minimum absolute atomic E-state index is 0.0981. The van der Waals surface area contributed by atoms with Gasteiger partial charge in [-0.3, -0.25) is 14.7 Å². The lowest BCUT2D eigenvalue weighted by Crippen LogP contribution is -2.55. The van der Waals surface area contributed by atoms with Crippen molar-refractivity contribution in [1.82, 2.24) is 15.2 Å². The molecule has 27 heavy (non-hydrogen) atoms. The number of nitrogens with zero attached hydrogens (tertiary/aromatic N) is 2. The maximum atomic E-state index is 12.3. The van der Waals surface area contributed by atoms with Crippen LogP contribution in [0, 0.1) is 5.92 Å². The summed E-state index contributed by atoms with van der Waals surface area (Å²) in [5.74, 6) is -0.110. The lowest BCUT2D eigenvalue weighted by atomic mass is 9.85. The predicted octanol–water partition coefficient (Wildman–Crippen LogP) is 2.41. The third-order valence-electron chi connectivity index (χ3n) is 5.92. The first-order valence-electron chi connectivity index (χ1n) is 10.1. The fourth-order valence-electron chi connectivity index (χ4n) is 4.16. The van der Waals surface area contributed by atoms with Gasteiger partial charge in [-0.2, -0.15) is 0 Å². The van der Waals surface area contributed by atoms with Gasteiger partial charge in [0.25, 0.3) is 0 Å². The molecule has 1 aromatic rings. The second kappa shape index (κ2) is 7.84. The number of carbonyl (C=O) groups is 2. The van der Waals surface area contributed by atoms with Crippen LogP contribution in [0.4, 0.5) is 10.5 Å². The summed E-state index contributed by atoms with van der Waals surface area (Å²) >= 11 is 0. The van der Waals surface area contributed by atoms with E-state index in [1.807, 2.05) is 6.07 Å². The molecule has 2 amide bonds. The summed E-state index contributed by atoms with van der Waals surface area (Å²) in [6.45, 7) is 0.970. The lowest BCUT2D eigenvalue weighted by Gasteiger charge is -2.42. The Morgan fingerprint density at radius 1 is 1.22 bits per heavy atom. The van der Waals surface area contributed by atoms with Gasteiger partial charge in [-0.05, 0) is 68.9 Å². The van der Waals surface area contributed by atoms with Crippen molar-refractivity contribution >= 4 is 17.7 Å². The van der Waals surface area contributed by atoms with E-state index in [-0.39, 0.29) is 24.7 Å². The molecule has 2 fully saturated rings. The fraction of sp³-hybridized carbons (Fsp3) is 0.650. The van der Waals surface area contributed by atoms with Gasteiger partial charge in [-0.15, -0.1) is 0 Å². The van der Waals surface area contributed by atoms with Crippen LogP contribution in [0.5, 0.6) is 0 Å². The zero-order valence-electron chi connectivity index (χ0n) is 15.6. The number of pyridine rings is 1. The predicted molar refractivity (Wildman–Crippen MR) is 102 cm³/mol. The zero-order chi connectivity index (χ0) is 18.8. The Labute approximate surface area is 159 Å². The normalized spacial score (nSPS) is 24.0. The molecule has 4 rings (SSSR count). The maximum absolute atomic E-state index is 12.3. The number of urea groups is 1. The summed E-state index contributed by atoms with van der Waals surface area (Å²) in [4.78, 5) is 29.9. The van der Waals surface area contributed by atoms with Gasteiger partial charge in [0.1, 0.15) is 0 Å². The summed E-state index contributed by atoms with van der Waals surface area (Å²) in [5, 5.41) is 15.0. The number of anilines is 1. The first-order valence-corrected chi connectivity index (χ1v) is 10.1. The summed E-state index contributed by atoms with van der Waals surface area (Å²) in [6, 6.07) is 2.20. The molecule has 3 aliphatic rings. The van der Waals surface area contributed by atoms with Gasteiger partial charge in [0.05, 0.1) is 18.4 Å². The average molecular weight is 372 g/mol. The van der Waals surface area contributed by atoms with Crippen molar-refractivity contribution in [3.05, 3.63) is 23.5 Å². The van der Waals surface area contributed by atoms with Crippen LogP contribution in [0.25, 0.3) is 0 Å². The molecule has 0 radical (unpaired) electrons. The molecule has 0 saturated heterocycles. The first kappa shape index (κ1) is 18.2. The van der Waals surface area contributed by atoms with Gasteiger partial charge < -0.3 is 15.7 Å². The summed E-state index contributed by atoms with van der Waals surface area (Å²) in [6.07, 6.45) is 10.2. The third-order valence-corrected chi connectivity index (χ3v) is 5.92. The van der Waals surface area contributed by atoms with E-state index in [1.54, 1.807) is 6.20 Å². The average Bonchev–Trinajstić information content (AvgIpc) is 3.41. The number of hydrogen-bond acceptors (Lipinski definition) is 4. The van der Waals surface area contributed by atoms with Crippen molar-refractivity contribution in [2.75, 3.05) is 18.4 Å². The molecule has 0 bridgehead atoms. The largest absolute Gasteiger partial charge is 0.480 e. The van der Waals surface area contributed by atoms with Gasteiger partial charge in [0.2, 0.25) is 0 Å². The van der Waals surface area contributed by atoms with Crippen LogP contribution >= 0.6 is 0 Å². The molecule has 0 spiro atoms. The van der Waals surface area contributed by atoms with Gasteiger partial charge in [-0.1, -0.05) is 0 Å². The molecule has 3 N–H and O–H groups in total. The molecular weight excluding hydrogens is 344 g/mol. The summed E-state index contributed by atoms with van der Waals surface area (Å²) < 4.78 is 0. The van der Waals surface area contributed by atoms with E-state index >= 15 is 0 Å². The lowest BCUT2D eigenvalue weighted by molar-refractivity contribution is -0.139. The zero-order valence-corrected chi connectivity index (χ0v) is 15.6. The van der Waals surface area contributed by atoms with Crippen molar-refractivity contribution < 1.29 is 14.7 Å². The van der Waals surface area contributed by atoms with E-state index in [4.69, 9.17) is 5.11 Å². The Balaban J connectivity index is 1.24. The molecule has 146 valence electrons. The number of carboxylic acids is 1. The van der Waals surface area contributed by atoms with E-state index in [2.05, 4.69) is 20.5 Å². The molecule has 1 heterocycles. The molecule has 0 aliphatic heterocycles. The van der Waals surface area contributed by atoms with Crippen LogP contribution in [0.2, 0.25) is 0 Å². The molecule has 7 nitrogen and oxygen atoms in total. The van der Waals surface area contributed by atoms with E-state index < -0.39 is 5.97 Å². The highest BCUT2D eigenvalue weighted by Crippen LogP contribution is 2.33. The number of aryl methyl sites for hydroxylation is 2. The standard InChI is InChI=1S/C20H28N4O3/c25-19(26)12-24(11-13-5-6-13)17-8-15(9-17)22-20(27)23-16-7-14-3-1-2-4-18(14)21-10-16/h7,10,13,15,17H,1-6,8-9,11-12H2,(H,25,26)(H2,22,23,27). The van der Waals surface area contributed by atoms with Crippen LogP contribution in [0.15, 0.2) is 12.3 Å². The second-order valence-electron chi connectivity index (χ2n) is 8.22. The molecule has 7 heteroatoms. The van der Waals surface area contributed by atoms with Crippen LogP contribution in [0.1, 0.15) is 49.8 Å². The van der Waals surface area contributed by atoms with Crippen LogP contribution in [-0.2, 0) is 17.6 Å². The Kier molecular flexibility index (Phi) is 5.29. The van der Waals surface area contributed by atoms with Gasteiger partial charge in [0, 0.05) is 24.3 Å². The van der Waals surface area contributed by atoms with Gasteiger partial charge in [-0.25, -0.2) is 4.79 Å². The SMILES string of the molecule is O=C(O)CN(CC1CC1)C1CC(NC(=O)Nc2cnc3c(c2)CCCC3)C1. The number of aliphatic carboxylic acids is 1. The Morgan fingerprint density at radius 2 is 2.00 bits per heavy atom. The molecule has 0 atom stereocenters. The molecule has 0 unspecified atom stereocenters. The highest BCUT2D eigenvalue weighted by molar-refractivity contribution is 5.89. The Hall–Kier alpha value is -2.15. The number of carbonyl (C=O) groups excluding carboxylic acids is 1. The quantitative estimate of drug-likeness (QED) is 0.683. The minimum atomic E-state index is -0.773. The monoisotopic (exact) mass is 372 g/mol. The first-order chi connectivity index (χ1) is 13.1. The number of carboxylic acid groups (broad SMARTS) is 1. The van der Waals surface area contributed by atoms with Gasteiger partial charge >= 0.3 is 12.0 Å². The minimum Gasteiger partial charge on any atom is -0.480 e. The summed E-state index contributed by atoms with van der Waals surface area (Å²) in [7, 11) is 0. The fourth-order valence-corrected chi connectivity index (χ4v) is 4.16. The highest BCUT2D eigenvalue weighted by atomic mass is 16.4. The van der Waals surface area contributed by atoms with E-state index in [1.165, 1.54) is 31.2 Å². The summed E-state index contributed by atoms with van der Waals surface area (Å²) in [5.41, 5.74) is 3.14. The number of fused-ring (bicyclic) bond motifs is 1.